The molecule has 0 bridgehead atoms. The Bertz CT molecular complexity index is 1020. The van der Waals surface area contributed by atoms with Crippen LogP contribution in [-0.4, -0.2) is 14.6 Å². The van der Waals surface area contributed by atoms with Crippen molar-refractivity contribution in [3.8, 4) is 0 Å². The van der Waals surface area contributed by atoms with Gasteiger partial charge in [0, 0.05) is 11.8 Å². The van der Waals surface area contributed by atoms with Gasteiger partial charge in [-0.05, 0) is 30.0 Å². The molecule has 1 atom stereocenters. The van der Waals surface area contributed by atoms with Crippen molar-refractivity contribution in [2.24, 2.45) is 5.41 Å². The molecule has 0 amide bonds. The van der Waals surface area contributed by atoms with E-state index in [1.807, 2.05) is 20.8 Å². The Morgan fingerprint density at radius 1 is 1.14 bits per heavy atom. The van der Waals surface area contributed by atoms with Gasteiger partial charge < -0.3 is 11.1 Å². The standard InChI is InChI=1S/C19H21F4N5/c1-10-7-15(28-17(26-10)14(24)9-25-28)27-16(18(2,3)4)11-5-6-12(13(20)8-11)19(21,22)23/h5-9,16,27H,24H2,1-4H3/t16-/m0/s1. The Hall–Kier alpha value is -2.84. The lowest BCUT2D eigenvalue weighted by molar-refractivity contribution is -0.140. The zero-order valence-corrected chi connectivity index (χ0v) is 15.9. The summed E-state index contributed by atoms with van der Waals surface area (Å²) in [4.78, 5) is 4.34. The summed E-state index contributed by atoms with van der Waals surface area (Å²) < 4.78 is 54.4. The van der Waals surface area contributed by atoms with Crippen molar-refractivity contribution >= 4 is 17.2 Å². The molecule has 0 saturated carbocycles. The highest BCUT2D eigenvalue weighted by Gasteiger charge is 2.35. The second kappa shape index (κ2) is 6.65. The minimum absolute atomic E-state index is 0.390. The molecule has 28 heavy (non-hydrogen) atoms. The maximum Gasteiger partial charge on any atom is 0.419 e. The van der Waals surface area contributed by atoms with Crippen molar-refractivity contribution < 1.29 is 17.6 Å². The first-order valence-corrected chi connectivity index (χ1v) is 8.62. The lowest BCUT2D eigenvalue weighted by Crippen LogP contribution is -2.27. The van der Waals surface area contributed by atoms with E-state index < -0.39 is 29.0 Å². The fourth-order valence-electron chi connectivity index (χ4n) is 3.09. The lowest BCUT2D eigenvalue weighted by Gasteiger charge is -2.33. The maximum atomic E-state index is 14.2. The molecule has 2 heterocycles. The van der Waals surface area contributed by atoms with Crippen LogP contribution in [0.25, 0.3) is 5.65 Å². The van der Waals surface area contributed by atoms with Crippen LogP contribution in [0.1, 0.15) is 43.6 Å². The Morgan fingerprint density at radius 2 is 1.82 bits per heavy atom. The number of anilines is 2. The molecule has 0 radical (unpaired) electrons. The molecule has 0 unspecified atom stereocenters. The maximum absolute atomic E-state index is 14.2. The minimum atomic E-state index is -4.74. The highest BCUT2D eigenvalue weighted by atomic mass is 19.4. The van der Waals surface area contributed by atoms with E-state index in [4.69, 9.17) is 5.73 Å². The topological polar surface area (TPSA) is 68.2 Å². The number of nitrogens with one attached hydrogen (secondary N) is 1. The van der Waals surface area contributed by atoms with E-state index in [0.717, 1.165) is 12.1 Å². The van der Waals surface area contributed by atoms with Crippen molar-refractivity contribution in [2.75, 3.05) is 11.1 Å². The van der Waals surface area contributed by atoms with E-state index in [-0.39, 0.29) is 0 Å². The van der Waals surface area contributed by atoms with Crippen LogP contribution in [0.5, 0.6) is 0 Å². The van der Waals surface area contributed by atoms with Crippen molar-refractivity contribution in [3.05, 3.63) is 53.1 Å². The zero-order chi connectivity index (χ0) is 20.9. The molecule has 0 spiro atoms. The van der Waals surface area contributed by atoms with Crippen LogP contribution in [0.3, 0.4) is 0 Å². The number of halogens is 4. The minimum Gasteiger partial charge on any atom is -0.394 e. The summed E-state index contributed by atoms with van der Waals surface area (Å²) >= 11 is 0. The van der Waals surface area contributed by atoms with E-state index in [1.165, 1.54) is 16.8 Å². The number of aromatic nitrogens is 3. The number of aryl methyl sites for hydroxylation is 1. The third kappa shape index (κ3) is 3.74. The van der Waals surface area contributed by atoms with Crippen LogP contribution in [0.15, 0.2) is 30.5 Å². The van der Waals surface area contributed by atoms with E-state index in [9.17, 15) is 17.6 Å². The molecule has 0 aliphatic rings. The van der Waals surface area contributed by atoms with Crippen molar-refractivity contribution in [2.45, 2.75) is 39.9 Å². The number of hydrogen-bond acceptors (Lipinski definition) is 4. The number of nitrogens with two attached hydrogens (primary N) is 1. The molecule has 150 valence electrons. The molecule has 1 aromatic carbocycles. The smallest absolute Gasteiger partial charge is 0.394 e. The number of rotatable bonds is 3. The van der Waals surface area contributed by atoms with E-state index >= 15 is 0 Å². The van der Waals surface area contributed by atoms with Gasteiger partial charge >= 0.3 is 6.18 Å². The number of nitrogen functional groups attached to an aromatic ring is 1. The normalized spacial score (nSPS) is 13.7. The predicted molar refractivity (Wildman–Crippen MR) is 99.4 cm³/mol. The summed E-state index contributed by atoms with van der Waals surface area (Å²) in [6.07, 6.45) is -3.27. The molecule has 3 N–H and O–H groups in total. The fourth-order valence-corrected chi connectivity index (χ4v) is 3.09. The van der Waals surface area contributed by atoms with Gasteiger partial charge in [-0.3, -0.25) is 0 Å². The van der Waals surface area contributed by atoms with Crippen LogP contribution in [-0.2, 0) is 6.18 Å². The molecule has 2 aromatic heterocycles. The number of fused-ring (bicyclic) bond motifs is 1. The van der Waals surface area contributed by atoms with Gasteiger partial charge in [-0.1, -0.05) is 26.8 Å². The van der Waals surface area contributed by atoms with Crippen LogP contribution in [0.4, 0.5) is 29.1 Å². The zero-order valence-electron chi connectivity index (χ0n) is 15.9. The molecule has 0 fully saturated rings. The number of hydrogen-bond donors (Lipinski definition) is 2. The monoisotopic (exact) mass is 395 g/mol. The van der Waals surface area contributed by atoms with Crippen molar-refractivity contribution in [1.29, 1.82) is 0 Å². The van der Waals surface area contributed by atoms with E-state index in [1.54, 1.807) is 13.0 Å². The highest BCUT2D eigenvalue weighted by Crippen LogP contribution is 2.39. The second-order valence-corrected chi connectivity index (χ2v) is 7.80. The summed E-state index contributed by atoms with van der Waals surface area (Å²) in [6, 6.07) is 4.23. The second-order valence-electron chi connectivity index (χ2n) is 7.80. The molecular weight excluding hydrogens is 374 g/mol. The summed E-state index contributed by atoms with van der Waals surface area (Å²) in [5.74, 6) is -0.750. The Balaban J connectivity index is 2.08. The lowest BCUT2D eigenvalue weighted by atomic mass is 9.82. The van der Waals surface area contributed by atoms with Crippen molar-refractivity contribution in [3.63, 3.8) is 0 Å². The molecule has 0 aliphatic carbocycles. The van der Waals surface area contributed by atoms with E-state index in [0.29, 0.717) is 28.4 Å². The third-order valence-corrected chi connectivity index (χ3v) is 4.42. The third-order valence-electron chi connectivity index (χ3n) is 4.42. The first kappa shape index (κ1) is 19.9. The predicted octanol–water partition coefficient (Wildman–Crippen LogP) is 4.98. The quantitative estimate of drug-likeness (QED) is 0.614. The summed E-state index contributed by atoms with van der Waals surface area (Å²) in [6.45, 7) is 7.51. The fraction of sp³-hybridized carbons (Fsp3) is 0.368. The van der Waals surface area contributed by atoms with Crippen molar-refractivity contribution in [1.82, 2.24) is 14.6 Å². The van der Waals surface area contributed by atoms with Gasteiger partial charge in [0.1, 0.15) is 11.6 Å². The number of alkyl halides is 3. The van der Waals surface area contributed by atoms with E-state index in [2.05, 4.69) is 15.4 Å². The average molecular weight is 395 g/mol. The Labute approximate surface area is 159 Å². The van der Waals surface area contributed by atoms with Crippen LogP contribution in [0.2, 0.25) is 0 Å². The van der Waals surface area contributed by atoms with Crippen LogP contribution in [0, 0.1) is 18.2 Å². The largest absolute Gasteiger partial charge is 0.419 e. The average Bonchev–Trinajstić information content (AvgIpc) is 2.91. The van der Waals surface area contributed by atoms with Gasteiger partial charge in [0.15, 0.2) is 5.65 Å². The Morgan fingerprint density at radius 3 is 2.39 bits per heavy atom. The molecule has 5 nitrogen and oxygen atoms in total. The molecular formula is C19H21F4N5. The van der Waals surface area contributed by atoms with Gasteiger partial charge in [-0.25, -0.2) is 9.37 Å². The molecule has 0 saturated heterocycles. The highest BCUT2D eigenvalue weighted by molar-refractivity contribution is 5.66. The molecule has 9 heteroatoms. The van der Waals surface area contributed by atoms with Crippen LogP contribution < -0.4 is 11.1 Å². The van der Waals surface area contributed by atoms with Gasteiger partial charge in [0.05, 0.1) is 23.5 Å². The number of benzene rings is 1. The van der Waals surface area contributed by atoms with Gasteiger partial charge in [-0.2, -0.15) is 22.8 Å². The van der Waals surface area contributed by atoms with Gasteiger partial charge in [0.2, 0.25) is 0 Å². The Kier molecular flexibility index (Phi) is 4.73. The molecule has 3 rings (SSSR count). The summed E-state index contributed by atoms with van der Waals surface area (Å²) in [5, 5.41) is 7.47. The molecule has 0 aliphatic heterocycles. The summed E-state index contributed by atoms with van der Waals surface area (Å²) in [5.41, 5.74) is 6.10. The van der Waals surface area contributed by atoms with Gasteiger partial charge in [0.25, 0.3) is 0 Å². The molecule has 3 aromatic rings. The SMILES string of the molecule is Cc1cc(N[C@@H](c2ccc(C(F)(F)F)c(F)c2)C(C)(C)C)n2ncc(N)c2n1. The first-order valence-electron chi connectivity index (χ1n) is 8.62. The van der Waals surface area contributed by atoms with Crippen LogP contribution >= 0.6 is 0 Å². The number of nitrogens with zero attached hydrogens (tertiary/aromatic N) is 3. The van der Waals surface area contributed by atoms with Gasteiger partial charge in [-0.15, -0.1) is 0 Å². The first-order chi connectivity index (χ1) is 12.9. The summed E-state index contributed by atoms with van der Waals surface area (Å²) in [7, 11) is 0.